The highest BCUT2D eigenvalue weighted by molar-refractivity contribution is 5.81. The van der Waals surface area contributed by atoms with Gasteiger partial charge < -0.3 is 10.2 Å². The molecule has 1 fully saturated rings. The van der Waals surface area contributed by atoms with E-state index in [4.69, 9.17) is 0 Å². The summed E-state index contributed by atoms with van der Waals surface area (Å²) in [4.78, 5) is 35.2. The Hall–Kier alpha value is -2.76. The molecule has 2 aromatic rings. The van der Waals surface area contributed by atoms with Crippen molar-refractivity contribution < 1.29 is 9.59 Å². The molecule has 2 amide bonds. The Morgan fingerprint density at radius 2 is 1.75 bits per heavy atom. The molecule has 28 heavy (non-hydrogen) atoms. The van der Waals surface area contributed by atoms with Crippen LogP contribution < -0.4 is 5.32 Å². The van der Waals surface area contributed by atoms with Gasteiger partial charge in [0.2, 0.25) is 11.8 Å². The van der Waals surface area contributed by atoms with Crippen LogP contribution in [0.2, 0.25) is 0 Å². The van der Waals surface area contributed by atoms with E-state index in [0.717, 1.165) is 37.8 Å². The SMILES string of the molecule is CN(CCc1ccncc1)C(=O)C1CCC(C(=O)NCc2ccccn2)CC1. The van der Waals surface area contributed by atoms with Crippen LogP contribution in [0.5, 0.6) is 0 Å². The van der Waals surface area contributed by atoms with Crippen molar-refractivity contribution in [2.75, 3.05) is 13.6 Å². The molecule has 2 heterocycles. The Balaban J connectivity index is 1.40. The fourth-order valence-corrected chi connectivity index (χ4v) is 3.70. The van der Waals surface area contributed by atoms with E-state index >= 15 is 0 Å². The molecular formula is C22H28N4O2. The first-order valence-electron chi connectivity index (χ1n) is 9.95. The summed E-state index contributed by atoms with van der Waals surface area (Å²) in [6.07, 6.45) is 9.19. The van der Waals surface area contributed by atoms with Crippen LogP contribution in [0.15, 0.2) is 48.9 Å². The maximum atomic E-state index is 12.7. The van der Waals surface area contributed by atoms with Crippen LogP contribution in [0.1, 0.15) is 36.9 Å². The third-order valence-corrected chi connectivity index (χ3v) is 5.48. The quantitative estimate of drug-likeness (QED) is 0.801. The first-order valence-corrected chi connectivity index (χ1v) is 9.95. The Labute approximate surface area is 166 Å². The lowest BCUT2D eigenvalue weighted by atomic mass is 9.81. The highest BCUT2D eigenvalue weighted by Crippen LogP contribution is 2.30. The summed E-state index contributed by atoms with van der Waals surface area (Å²) in [5.41, 5.74) is 2.04. The summed E-state index contributed by atoms with van der Waals surface area (Å²) in [6, 6.07) is 9.63. The Bertz CT molecular complexity index is 759. The molecule has 1 aliphatic rings. The average molecular weight is 380 g/mol. The molecule has 0 bridgehead atoms. The molecule has 0 radical (unpaired) electrons. The second-order valence-electron chi connectivity index (χ2n) is 7.45. The number of carbonyl (C=O) groups excluding carboxylic acids is 2. The minimum absolute atomic E-state index is 0.00473. The number of pyridine rings is 2. The van der Waals surface area contributed by atoms with Gasteiger partial charge in [-0.25, -0.2) is 0 Å². The van der Waals surface area contributed by atoms with Crippen molar-refractivity contribution in [3.8, 4) is 0 Å². The molecule has 1 N–H and O–H groups in total. The van der Waals surface area contributed by atoms with Gasteiger partial charge in [0.25, 0.3) is 0 Å². The van der Waals surface area contributed by atoms with Gasteiger partial charge in [0.1, 0.15) is 0 Å². The third-order valence-electron chi connectivity index (χ3n) is 5.48. The Kier molecular flexibility index (Phi) is 7.12. The summed E-state index contributed by atoms with van der Waals surface area (Å²) in [7, 11) is 1.87. The van der Waals surface area contributed by atoms with E-state index in [0.29, 0.717) is 13.1 Å². The molecule has 148 valence electrons. The second kappa shape index (κ2) is 9.97. The molecular weight excluding hydrogens is 352 g/mol. The smallest absolute Gasteiger partial charge is 0.225 e. The van der Waals surface area contributed by atoms with Gasteiger partial charge in [-0.05, 0) is 61.9 Å². The minimum Gasteiger partial charge on any atom is -0.350 e. The largest absolute Gasteiger partial charge is 0.350 e. The van der Waals surface area contributed by atoms with E-state index in [9.17, 15) is 9.59 Å². The highest BCUT2D eigenvalue weighted by atomic mass is 16.2. The van der Waals surface area contributed by atoms with Gasteiger partial charge in [-0.3, -0.25) is 19.6 Å². The Morgan fingerprint density at radius 3 is 2.43 bits per heavy atom. The van der Waals surface area contributed by atoms with Gasteiger partial charge in [-0.1, -0.05) is 6.07 Å². The average Bonchev–Trinajstić information content (AvgIpc) is 2.77. The zero-order valence-electron chi connectivity index (χ0n) is 16.4. The van der Waals surface area contributed by atoms with Crippen molar-refractivity contribution in [1.82, 2.24) is 20.2 Å². The van der Waals surface area contributed by atoms with Crippen molar-refractivity contribution in [3.63, 3.8) is 0 Å². The number of nitrogens with one attached hydrogen (secondary N) is 1. The number of likely N-dealkylation sites (N-methyl/N-ethyl adjacent to an activating group) is 1. The summed E-state index contributed by atoms with van der Waals surface area (Å²) < 4.78 is 0. The van der Waals surface area contributed by atoms with Gasteiger partial charge in [-0.2, -0.15) is 0 Å². The predicted octanol–water partition coefficient (Wildman–Crippen LogP) is 2.60. The van der Waals surface area contributed by atoms with Gasteiger partial charge in [0.15, 0.2) is 0 Å². The van der Waals surface area contributed by atoms with Crippen LogP contribution in [0.25, 0.3) is 0 Å². The molecule has 6 heteroatoms. The van der Waals surface area contributed by atoms with E-state index in [-0.39, 0.29) is 23.7 Å². The van der Waals surface area contributed by atoms with E-state index in [1.807, 2.05) is 42.3 Å². The monoisotopic (exact) mass is 380 g/mol. The van der Waals surface area contributed by atoms with Crippen molar-refractivity contribution in [1.29, 1.82) is 0 Å². The summed E-state index contributed by atoms with van der Waals surface area (Å²) in [5.74, 6) is 0.293. The normalized spacial score (nSPS) is 19.0. The summed E-state index contributed by atoms with van der Waals surface area (Å²) in [5, 5.41) is 2.97. The van der Waals surface area contributed by atoms with E-state index in [1.165, 1.54) is 5.56 Å². The number of hydrogen-bond donors (Lipinski definition) is 1. The lowest BCUT2D eigenvalue weighted by Crippen LogP contribution is -2.38. The van der Waals surface area contributed by atoms with Crippen LogP contribution in [-0.4, -0.2) is 40.3 Å². The molecule has 0 atom stereocenters. The van der Waals surface area contributed by atoms with Crippen molar-refractivity contribution >= 4 is 11.8 Å². The molecule has 2 aromatic heterocycles. The van der Waals surface area contributed by atoms with Gasteiger partial charge in [0.05, 0.1) is 12.2 Å². The van der Waals surface area contributed by atoms with E-state index in [2.05, 4.69) is 15.3 Å². The molecule has 1 aliphatic carbocycles. The number of nitrogens with zero attached hydrogens (tertiary/aromatic N) is 3. The maximum absolute atomic E-state index is 12.7. The first kappa shape index (κ1) is 20.0. The lowest BCUT2D eigenvalue weighted by Gasteiger charge is -2.30. The molecule has 6 nitrogen and oxygen atoms in total. The van der Waals surface area contributed by atoms with Crippen LogP contribution in [0.3, 0.4) is 0 Å². The zero-order chi connectivity index (χ0) is 19.8. The summed E-state index contributed by atoms with van der Waals surface area (Å²) >= 11 is 0. The molecule has 0 spiro atoms. The van der Waals surface area contributed by atoms with Crippen LogP contribution in [-0.2, 0) is 22.6 Å². The number of aromatic nitrogens is 2. The fourth-order valence-electron chi connectivity index (χ4n) is 3.70. The third kappa shape index (κ3) is 5.62. The van der Waals surface area contributed by atoms with Crippen LogP contribution in [0.4, 0.5) is 0 Å². The maximum Gasteiger partial charge on any atom is 0.225 e. The number of amides is 2. The second-order valence-corrected chi connectivity index (χ2v) is 7.45. The first-order chi connectivity index (χ1) is 13.6. The Morgan fingerprint density at radius 1 is 1.04 bits per heavy atom. The van der Waals surface area contributed by atoms with Crippen LogP contribution >= 0.6 is 0 Å². The minimum atomic E-state index is -0.00473. The van der Waals surface area contributed by atoms with Gasteiger partial charge in [0, 0.05) is 44.0 Å². The van der Waals surface area contributed by atoms with Crippen molar-refractivity contribution in [3.05, 3.63) is 60.2 Å². The molecule has 0 aliphatic heterocycles. The molecule has 1 saturated carbocycles. The van der Waals surface area contributed by atoms with Crippen LogP contribution in [0, 0.1) is 11.8 Å². The number of rotatable bonds is 7. The topological polar surface area (TPSA) is 75.2 Å². The summed E-state index contributed by atoms with van der Waals surface area (Å²) in [6.45, 7) is 1.16. The lowest BCUT2D eigenvalue weighted by molar-refractivity contribution is -0.137. The van der Waals surface area contributed by atoms with E-state index in [1.54, 1.807) is 18.6 Å². The molecule has 0 aromatic carbocycles. The van der Waals surface area contributed by atoms with Gasteiger partial charge >= 0.3 is 0 Å². The predicted molar refractivity (Wildman–Crippen MR) is 107 cm³/mol. The highest BCUT2D eigenvalue weighted by Gasteiger charge is 2.31. The number of hydrogen-bond acceptors (Lipinski definition) is 4. The number of carbonyl (C=O) groups is 2. The van der Waals surface area contributed by atoms with Gasteiger partial charge in [-0.15, -0.1) is 0 Å². The van der Waals surface area contributed by atoms with Crippen molar-refractivity contribution in [2.45, 2.75) is 38.6 Å². The molecule has 0 unspecified atom stereocenters. The standard InChI is InChI=1S/C22H28N4O2/c1-26(15-11-17-9-13-23-14-10-17)22(28)19-7-5-18(6-8-19)21(27)25-16-20-4-2-3-12-24-20/h2-4,9-10,12-14,18-19H,5-8,11,15-16H2,1H3,(H,25,27). The zero-order valence-corrected chi connectivity index (χ0v) is 16.4. The van der Waals surface area contributed by atoms with Crippen molar-refractivity contribution in [2.24, 2.45) is 11.8 Å². The molecule has 3 rings (SSSR count). The molecule has 0 saturated heterocycles. The van der Waals surface area contributed by atoms with E-state index < -0.39 is 0 Å². The fraction of sp³-hybridized carbons (Fsp3) is 0.455.